The number of carbonyl (C=O) groups excluding carboxylic acids is 5. The maximum absolute atomic E-state index is 14.9. The lowest BCUT2D eigenvalue weighted by Crippen LogP contribution is -2.50. The van der Waals surface area contributed by atoms with Crippen LogP contribution in [-0.4, -0.2) is 169 Å². The third-order valence-electron chi connectivity index (χ3n) is 26.5. The zero-order valence-corrected chi connectivity index (χ0v) is 80.1. The number of fused-ring (bicyclic) bond motifs is 5. The first-order valence-electron chi connectivity index (χ1n) is 46.3. The van der Waals surface area contributed by atoms with Gasteiger partial charge >= 0.3 is 18.5 Å². The molecule has 147 heavy (non-hydrogen) atoms. The number of amides is 5. The molecule has 1 saturated carbocycles. The highest BCUT2D eigenvalue weighted by molar-refractivity contribution is 6.31. The second-order valence-electron chi connectivity index (χ2n) is 36.4. The quantitative estimate of drug-likeness (QED) is 0.0561. The Morgan fingerprint density at radius 1 is 0.327 bits per heavy atom. The summed E-state index contributed by atoms with van der Waals surface area (Å²) in [6.45, 7) is 10.4. The number of alkyl halides is 9. The lowest BCUT2D eigenvalue weighted by molar-refractivity contribution is -0.138. The molecule has 0 atom stereocenters. The van der Waals surface area contributed by atoms with E-state index in [1.807, 2.05) is 33.2 Å². The zero-order valence-electron chi connectivity index (χ0n) is 78.6. The number of nitrogens with one attached hydrogen (secondary N) is 5. The molecule has 0 radical (unpaired) electrons. The number of aromatic nitrogens is 15. The van der Waals surface area contributed by atoms with E-state index in [2.05, 4.69) is 77.0 Å². The molecule has 6 fully saturated rings. The van der Waals surface area contributed by atoms with Gasteiger partial charge in [0.05, 0.1) is 87.3 Å². The van der Waals surface area contributed by atoms with Crippen molar-refractivity contribution >= 4 is 81.0 Å². The van der Waals surface area contributed by atoms with Gasteiger partial charge in [-0.1, -0.05) is 53.5 Å². The Labute approximate surface area is 835 Å². The fourth-order valence-electron chi connectivity index (χ4n) is 18.7. The first kappa shape index (κ1) is 104. The van der Waals surface area contributed by atoms with Crippen LogP contribution in [0.25, 0.3) is 28.2 Å². The Hall–Kier alpha value is -14.1. The van der Waals surface area contributed by atoms with Crippen molar-refractivity contribution < 1.29 is 114 Å². The number of halogens is 17. The van der Waals surface area contributed by atoms with Crippen LogP contribution >= 0.6 is 23.2 Å². The summed E-state index contributed by atoms with van der Waals surface area (Å²) in [5.74, 6) is -6.59. The molecule has 10 aromatic heterocycles. The summed E-state index contributed by atoms with van der Waals surface area (Å²) in [5, 5.41) is 35.9. The monoisotopic (exact) mass is 2090 g/mol. The molecule has 6 aliphatic rings. The van der Waals surface area contributed by atoms with Gasteiger partial charge in [0, 0.05) is 154 Å². The summed E-state index contributed by atoms with van der Waals surface area (Å²) in [7, 11) is 0. The van der Waals surface area contributed by atoms with E-state index >= 15 is 0 Å². The number of ether oxygens (including phenoxy) is 5. The lowest BCUT2D eigenvalue weighted by atomic mass is 9.81. The minimum Gasteiger partial charge on any atom is -0.381 e. The van der Waals surface area contributed by atoms with E-state index in [4.69, 9.17) is 46.9 Å². The molecule has 0 spiro atoms. The molecule has 15 heterocycles. The van der Waals surface area contributed by atoms with E-state index in [9.17, 15) is 89.8 Å². The summed E-state index contributed by atoms with van der Waals surface area (Å²) in [4.78, 5) is 86.6. The summed E-state index contributed by atoms with van der Waals surface area (Å²) < 4.78 is 238. The van der Waals surface area contributed by atoms with E-state index in [1.54, 1.807) is 77.4 Å². The smallest absolute Gasteiger partial charge is 0.381 e. The van der Waals surface area contributed by atoms with Gasteiger partial charge in [-0.15, -0.1) is 0 Å². The largest absolute Gasteiger partial charge is 0.416 e. The first-order valence-corrected chi connectivity index (χ1v) is 47.1. The van der Waals surface area contributed by atoms with Crippen LogP contribution in [0.1, 0.15) is 207 Å². The molecule has 1 aliphatic carbocycles. The molecular weight excluding hydrogens is 2000 g/mol. The fourth-order valence-corrected chi connectivity index (χ4v) is 19.0. The third-order valence-corrected chi connectivity index (χ3v) is 27.0. The Morgan fingerprint density at radius 2 is 0.592 bits per heavy atom. The lowest BCUT2D eigenvalue weighted by Gasteiger charge is -2.38. The molecule has 21 rings (SSSR count). The second kappa shape index (κ2) is 42.4. The van der Waals surface area contributed by atoms with Gasteiger partial charge in [-0.05, 0) is 194 Å². The predicted molar refractivity (Wildman–Crippen MR) is 499 cm³/mol. The molecular formula is C100H91Cl2F15N20O10. The van der Waals surface area contributed by atoms with Crippen LogP contribution in [-0.2, 0) is 69.9 Å². The summed E-state index contributed by atoms with van der Waals surface area (Å²) >= 11 is 11.8. The molecule has 770 valence electrons. The molecule has 5 aromatic carbocycles. The Balaban J connectivity index is 0.000000126. The van der Waals surface area contributed by atoms with Crippen molar-refractivity contribution in [3.8, 4) is 0 Å². The van der Waals surface area contributed by atoms with Gasteiger partial charge in [-0.2, -0.15) is 65.0 Å². The minimum atomic E-state index is -4.69. The highest BCUT2D eigenvalue weighted by Gasteiger charge is 2.47. The van der Waals surface area contributed by atoms with E-state index in [-0.39, 0.29) is 129 Å². The Kier molecular flexibility index (Phi) is 30.1. The fraction of sp³-hybridized carbons (Fsp3) is 0.350. The summed E-state index contributed by atoms with van der Waals surface area (Å²) in [6, 6.07) is 16.0. The average molecular weight is 2090 g/mol. The molecule has 5 amide bonds. The number of rotatable bonds is 16. The highest BCUT2D eigenvalue weighted by atomic mass is 35.5. The van der Waals surface area contributed by atoms with Crippen molar-refractivity contribution in [2.24, 2.45) is 0 Å². The average Bonchev–Trinajstić information content (AvgIpc) is 1.66. The SMILES string of the molecule is Cc1cnc2c(C(=O)NC3(c4ccc(C(F)(F)F)cc4F)CCOCC3)cnn2c1.Cc1cnc2c(C(=O)NC3(c4ccc(Cl)cc4F)CCOCC3)c(C)nn2c1.Cc1cnc2c(C(=O)NC3(c4ccc(Cl)cc4F)CCOCC3)cnn2c1.O=C(NC1(c2ccc(C(F)(F)F)cc2F)CCOCC1)c1cnn2cc(C3CC3)cnc12.O=C(NC1(c2ccc(C(F)(F)F)cc2F)CCOCC1)c1cnn2cc(F)cnc12. The molecule has 30 nitrogen and oxygen atoms in total. The minimum absolute atomic E-state index is 0.00241. The van der Waals surface area contributed by atoms with Crippen LogP contribution in [0.15, 0.2) is 178 Å². The van der Waals surface area contributed by atoms with Crippen molar-refractivity contribution in [2.45, 2.75) is 157 Å². The maximum Gasteiger partial charge on any atom is 0.416 e. The molecule has 5 N–H and O–H groups in total. The van der Waals surface area contributed by atoms with E-state index in [0.717, 1.165) is 88.4 Å². The standard InChI is InChI=1S/C22H20F4N4O2.C20H20ClFN4O2.C20H18F4N4O2.C19H18ClFN4O2.C19H15F5N4O2/c23-18-9-15(22(24,25)26)3-4-17(18)21(5-7-32-8-6-21)29-20(31)16-11-28-30-12-14(13-1-2-13)10-27-19(16)30;1-12-10-23-18-17(13(2)25-26(18)11-12)19(27)24-20(5-7-28-8-6-20)15-4-3-14(21)9-16(15)22;1-12-9-25-17-14(10-26-28(17)11-12)18(29)27-19(4-6-30-7-5-19)15-3-2-13(8-16(15)21)20(22,23)24;1-12-9-22-17-14(10-23-25(17)11-12)18(26)24-19(4-6-27-7-5-19)15-3-2-13(20)8-16(15)21;20-12-8-25-16-13(9-26-28(16)10-12)17(29)27-18(3-5-30-6-4-18)14-2-1-11(7-15(14)21)19(22,23)24/h3-4,9-13H,1-2,5-8H2,(H,29,31);3-4,9-11H,5-8H2,1-2H3,(H,24,27);2-3,8-11H,4-7H2,1H3,(H,27,29);2-3,8-11H,4-7H2,1H3,(H,24,26);1-2,7-10H,3-6H2,(H,27,29). The van der Waals surface area contributed by atoms with Crippen LogP contribution in [0.2, 0.25) is 10.0 Å². The van der Waals surface area contributed by atoms with E-state index < -0.39 is 116 Å². The predicted octanol–water partition coefficient (Wildman–Crippen LogP) is 18.1. The first-order chi connectivity index (χ1) is 70.0. The van der Waals surface area contributed by atoms with Gasteiger partial charge < -0.3 is 50.3 Å². The Bertz CT molecular complexity index is 7310. The second-order valence-corrected chi connectivity index (χ2v) is 37.3. The molecule has 5 saturated heterocycles. The van der Waals surface area contributed by atoms with Gasteiger partial charge in [0.2, 0.25) is 0 Å². The number of hydrogen-bond donors (Lipinski definition) is 5. The van der Waals surface area contributed by atoms with Crippen molar-refractivity contribution in [3.63, 3.8) is 0 Å². The van der Waals surface area contributed by atoms with E-state index in [1.165, 1.54) is 46.0 Å². The van der Waals surface area contributed by atoms with Crippen molar-refractivity contribution in [1.82, 2.24) is 99.6 Å². The number of hydrogen-bond acceptors (Lipinski definition) is 20. The van der Waals surface area contributed by atoms with Gasteiger partial charge in [-0.3, -0.25) is 24.0 Å². The number of nitrogens with zero attached hydrogens (tertiary/aromatic N) is 15. The third kappa shape index (κ3) is 22.6. The molecule has 0 bridgehead atoms. The van der Waals surface area contributed by atoms with Crippen molar-refractivity contribution in [1.29, 1.82) is 0 Å². The van der Waals surface area contributed by atoms with E-state index in [0.29, 0.717) is 137 Å². The van der Waals surface area contributed by atoms with Gasteiger partial charge in [-0.25, -0.2) is 73.8 Å². The van der Waals surface area contributed by atoms with Crippen LogP contribution in [0.4, 0.5) is 65.9 Å². The summed E-state index contributed by atoms with van der Waals surface area (Å²) in [6.07, 6.45) is 12.4. The molecule has 0 unspecified atom stereocenters. The zero-order chi connectivity index (χ0) is 104. The number of aryl methyl sites for hydroxylation is 4. The van der Waals surface area contributed by atoms with Gasteiger partial charge in [0.25, 0.3) is 29.5 Å². The Morgan fingerprint density at radius 3 is 0.891 bits per heavy atom. The van der Waals surface area contributed by atoms with Crippen molar-refractivity contribution in [3.05, 3.63) is 323 Å². The van der Waals surface area contributed by atoms with Crippen LogP contribution in [0.5, 0.6) is 0 Å². The maximum atomic E-state index is 14.9. The summed E-state index contributed by atoms with van der Waals surface area (Å²) in [5.41, 5.74) is -0.778. The van der Waals surface area contributed by atoms with Gasteiger partial charge in [0.15, 0.2) is 34.1 Å². The van der Waals surface area contributed by atoms with Crippen LogP contribution in [0, 0.1) is 62.6 Å². The molecule has 5 aliphatic heterocycles. The van der Waals surface area contributed by atoms with Gasteiger partial charge in [0.1, 0.15) is 56.9 Å². The van der Waals surface area contributed by atoms with Crippen LogP contribution < -0.4 is 26.6 Å². The topological polar surface area (TPSA) is 343 Å². The highest BCUT2D eigenvalue weighted by Crippen LogP contribution is 2.45. The molecule has 15 aromatic rings. The number of benzene rings is 5. The van der Waals surface area contributed by atoms with Crippen LogP contribution in [0.3, 0.4) is 0 Å². The number of carbonyl (C=O) groups is 5. The molecule has 47 heteroatoms. The van der Waals surface area contributed by atoms with Crippen molar-refractivity contribution in [2.75, 3.05) is 66.1 Å². The normalized spacial score (nSPS) is 16.9.